The number of nitrogens with zero attached hydrogens (tertiary/aromatic N) is 6. The number of H-pyrrole nitrogens is 1. The number of anilines is 4. The number of aromatic nitrogens is 2. The van der Waals surface area contributed by atoms with Crippen molar-refractivity contribution in [3.8, 4) is 11.6 Å². The van der Waals surface area contributed by atoms with E-state index >= 15 is 0 Å². The molecule has 4 aromatic carbocycles. The number of pyridine rings is 1. The minimum Gasteiger partial charge on any atom is -0.490 e. The number of sulfonamides is 1. The standard InChI is InChI=1S/C59H65F2N9O9S/c1-36-4-2-3-5-43(36)53-34-67(48-14-25-78-55-45(48)27-39(60)28-46(55)61)20-21-68(53)41-31-59(32-41)15-18-66(19-16-59)40-6-8-44(50(29-40)69-49-13-24-77-35-54(49)79-58-52(69)26-38-10-17-62-56(38)64-58)57(71)65-80(74,75)42-7-9-47(51(30-42)70(72)73)63-33-37-11-22-76-23-12-37/h2-10,17,26-30,37,41,48-49,53-54,63H,11-16,18-25,31-35H2,1H3,(H,62,64)(H,65,71)/t48-,49+,53+,54+/m1/s1. The summed E-state index contributed by atoms with van der Waals surface area (Å²) in [7, 11) is -4.64. The Morgan fingerprint density at radius 1 is 0.875 bits per heavy atom. The normalized spacial score (nSPS) is 23.5. The van der Waals surface area contributed by atoms with Crippen LogP contribution in [0.3, 0.4) is 0 Å². The van der Waals surface area contributed by atoms with Crippen molar-refractivity contribution in [2.45, 2.75) is 93.5 Å². The second kappa shape index (κ2) is 21.2. The van der Waals surface area contributed by atoms with Gasteiger partial charge in [0.2, 0.25) is 5.88 Å². The summed E-state index contributed by atoms with van der Waals surface area (Å²) in [5.41, 5.74) is 5.66. The Kier molecular flexibility index (Phi) is 13.9. The lowest BCUT2D eigenvalue weighted by Gasteiger charge is -2.59. The van der Waals surface area contributed by atoms with Gasteiger partial charge in [-0.05, 0) is 123 Å². The van der Waals surface area contributed by atoms with Crippen LogP contribution in [-0.4, -0.2) is 130 Å². The Balaban J connectivity index is 0.763. The Hall–Kier alpha value is -6.91. The number of ether oxygens (including phenoxy) is 4. The van der Waals surface area contributed by atoms with Crippen molar-refractivity contribution in [2.75, 3.05) is 87.4 Å². The maximum absolute atomic E-state index is 15.0. The first kappa shape index (κ1) is 52.5. The fourth-order valence-electron chi connectivity index (χ4n) is 13.9. The fourth-order valence-corrected chi connectivity index (χ4v) is 14.9. The van der Waals surface area contributed by atoms with Crippen LogP contribution in [0, 0.1) is 40.0 Å². The number of halogens is 2. The number of carbonyl (C=O) groups excluding carboxylic acids is 1. The Labute approximate surface area is 462 Å². The summed E-state index contributed by atoms with van der Waals surface area (Å²) in [6.07, 6.45) is 8.17. The van der Waals surface area contributed by atoms with Gasteiger partial charge >= 0.3 is 0 Å². The molecule has 6 aromatic rings. The summed E-state index contributed by atoms with van der Waals surface area (Å²) in [6, 6.07) is 23.9. The second-order valence-corrected chi connectivity index (χ2v) is 24.5. The van der Waals surface area contributed by atoms with E-state index in [2.05, 4.69) is 65.8 Å². The molecule has 420 valence electrons. The van der Waals surface area contributed by atoms with Crippen LogP contribution in [0.5, 0.6) is 11.6 Å². The smallest absolute Gasteiger partial charge is 0.293 e. The maximum atomic E-state index is 15.0. The number of hydrogen-bond donors (Lipinski definition) is 3. The number of piperazine rings is 1. The van der Waals surface area contributed by atoms with Gasteiger partial charge in [-0.15, -0.1) is 0 Å². The molecule has 3 N–H and O–H groups in total. The van der Waals surface area contributed by atoms with E-state index in [1.54, 1.807) is 12.3 Å². The van der Waals surface area contributed by atoms with Gasteiger partial charge in [0.15, 0.2) is 11.6 Å². The highest BCUT2D eigenvalue weighted by Gasteiger charge is 2.51. The number of nitro benzene ring substituents is 1. The van der Waals surface area contributed by atoms with Crippen molar-refractivity contribution in [1.82, 2.24) is 24.5 Å². The van der Waals surface area contributed by atoms with Gasteiger partial charge in [0.1, 0.15) is 28.9 Å². The number of nitro groups is 1. The molecule has 7 aliphatic rings. The number of carbonyl (C=O) groups is 1. The quantitative estimate of drug-likeness (QED) is 0.0774. The summed E-state index contributed by atoms with van der Waals surface area (Å²) in [5.74, 6) is -1.39. The molecule has 6 aliphatic heterocycles. The van der Waals surface area contributed by atoms with Crippen LogP contribution in [-0.2, 0) is 19.5 Å². The van der Waals surface area contributed by atoms with E-state index in [1.807, 2.05) is 24.3 Å². The molecule has 1 aliphatic carbocycles. The number of aromatic amines is 1. The van der Waals surface area contributed by atoms with E-state index in [0.717, 1.165) is 94.5 Å². The van der Waals surface area contributed by atoms with Crippen molar-refractivity contribution in [2.24, 2.45) is 11.3 Å². The van der Waals surface area contributed by atoms with Gasteiger partial charge < -0.3 is 39.0 Å². The number of piperidine rings is 1. The van der Waals surface area contributed by atoms with Crippen molar-refractivity contribution < 1.29 is 45.9 Å². The highest BCUT2D eigenvalue weighted by Crippen LogP contribution is 2.54. The highest BCUT2D eigenvalue weighted by atomic mass is 32.2. The average molecular weight is 1110 g/mol. The molecule has 4 saturated heterocycles. The van der Waals surface area contributed by atoms with Crippen molar-refractivity contribution in [3.05, 3.63) is 135 Å². The van der Waals surface area contributed by atoms with E-state index in [1.165, 1.54) is 29.3 Å². The minimum absolute atomic E-state index is 0.0906. The lowest BCUT2D eigenvalue weighted by atomic mass is 9.59. The Morgan fingerprint density at radius 3 is 2.50 bits per heavy atom. The number of amides is 1. The molecular weight excluding hydrogens is 1050 g/mol. The highest BCUT2D eigenvalue weighted by molar-refractivity contribution is 7.90. The molecule has 2 aromatic heterocycles. The SMILES string of the molecule is Cc1ccccc1[C@@H]1CN([C@@H]2CCOc3c(F)cc(F)cc32)CCN1C1CC2(CCN(c3ccc(C(=O)NS(=O)(=O)c4ccc(NCC5CCOCC5)c([N+](=O)[O-])c4)c(N4c5cc6cc[nH]c6nc5O[C@H]5COCC[C@@H]54)c3)CC2)C1. The van der Waals surface area contributed by atoms with E-state index < -0.39 is 49.2 Å². The van der Waals surface area contributed by atoms with Gasteiger partial charge in [-0.1, -0.05) is 24.3 Å². The number of benzene rings is 4. The van der Waals surface area contributed by atoms with Crippen LogP contribution >= 0.6 is 0 Å². The first-order valence-corrected chi connectivity index (χ1v) is 29.5. The molecule has 5 fully saturated rings. The first-order valence-electron chi connectivity index (χ1n) is 28.0. The zero-order valence-corrected chi connectivity index (χ0v) is 45.4. The molecule has 1 saturated carbocycles. The molecule has 0 radical (unpaired) electrons. The fraction of sp³-hybridized carbons (Fsp3) is 0.458. The monoisotopic (exact) mass is 1110 g/mol. The van der Waals surface area contributed by atoms with E-state index in [0.29, 0.717) is 80.3 Å². The number of rotatable bonds is 12. The first-order chi connectivity index (χ1) is 38.8. The van der Waals surface area contributed by atoms with Gasteiger partial charge in [-0.2, -0.15) is 4.98 Å². The second-order valence-electron chi connectivity index (χ2n) is 22.8. The maximum Gasteiger partial charge on any atom is 0.293 e. The van der Waals surface area contributed by atoms with Crippen LogP contribution in [0.15, 0.2) is 96.0 Å². The number of nitrogens with one attached hydrogen (secondary N) is 3. The molecule has 1 spiro atoms. The van der Waals surface area contributed by atoms with Gasteiger partial charge in [0.25, 0.3) is 21.6 Å². The number of aryl methyl sites for hydroxylation is 1. The molecule has 1 amide bonds. The molecule has 0 bridgehead atoms. The molecule has 13 rings (SSSR count). The van der Waals surface area contributed by atoms with Crippen LogP contribution in [0.2, 0.25) is 0 Å². The van der Waals surface area contributed by atoms with Crippen molar-refractivity contribution in [1.29, 1.82) is 0 Å². The molecular formula is C59H65F2N9O9S. The minimum atomic E-state index is -4.64. The molecule has 4 atom stereocenters. The largest absolute Gasteiger partial charge is 0.490 e. The van der Waals surface area contributed by atoms with E-state index in [4.69, 9.17) is 23.9 Å². The Bertz CT molecular complexity index is 3470. The van der Waals surface area contributed by atoms with Crippen molar-refractivity contribution in [3.63, 3.8) is 0 Å². The van der Waals surface area contributed by atoms with Gasteiger partial charge in [0, 0.05) is 119 Å². The van der Waals surface area contributed by atoms with Gasteiger partial charge in [-0.25, -0.2) is 21.9 Å². The van der Waals surface area contributed by atoms with E-state index in [9.17, 15) is 32.1 Å². The number of fused-ring (bicyclic) bond motifs is 4. The van der Waals surface area contributed by atoms with Crippen LogP contribution in [0.1, 0.15) is 90.5 Å². The predicted molar refractivity (Wildman–Crippen MR) is 296 cm³/mol. The molecule has 0 unspecified atom stereocenters. The summed E-state index contributed by atoms with van der Waals surface area (Å²) in [6.45, 7) is 8.79. The molecule has 18 nitrogen and oxygen atoms in total. The average Bonchev–Trinajstić information content (AvgIpc) is 3.94. The third-order valence-corrected chi connectivity index (χ3v) is 19.5. The molecule has 21 heteroatoms. The zero-order chi connectivity index (χ0) is 54.9. The third kappa shape index (κ3) is 9.87. The number of hydrogen-bond acceptors (Lipinski definition) is 15. The summed E-state index contributed by atoms with van der Waals surface area (Å²) < 4.78 is 84.0. The lowest BCUT2D eigenvalue weighted by Crippen LogP contribution is -2.60. The zero-order valence-electron chi connectivity index (χ0n) is 44.6. The van der Waals surface area contributed by atoms with Gasteiger partial charge in [-0.3, -0.25) is 24.7 Å². The van der Waals surface area contributed by atoms with Crippen LogP contribution in [0.4, 0.5) is 37.2 Å². The van der Waals surface area contributed by atoms with Crippen LogP contribution < -0.4 is 29.3 Å². The third-order valence-electron chi connectivity index (χ3n) is 18.2. The molecule has 80 heavy (non-hydrogen) atoms. The summed E-state index contributed by atoms with van der Waals surface area (Å²) >= 11 is 0. The Morgan fingerprint density at radius 2 is 1.69 bits per heavy atom. The topological polar surface area (TPSA) is 197 Å². The summed E-state index contributed by atoms with van der Waals surface area (Å²) in [4.78, 5) is 43.6. The van der Waals surface area contributed by atoms with E-state index in [-0.39, 0.29) is 53.1 Å². The van der Waals surface area contributed by atoms with Crippen LogP contribution in [0.25, 0.3) is 11.0 Å². The van der Waals surface area contributed by atoms with Crippen molar-refractivity contribution >= 4 is 55.4 Å². The lowest BCUT2D eigenvalue weighted by molar-refractivity contribution is -0.384. The molecule has 8 heterocycles. The van der Waals surface area contributed by atoms with Gasteiger partial charge in [0.05, 0.1) is 40.3 Å². The predicted octanol–water partition coefficient (Wildman–Crippen LogP) is 9.33. The summed E-state index contributed by atoms with van der Waals surface area (Å²) in [5, 5.41) is 16.3.